The van der Waals surface area contributed by atoms with Crippen molar-refractivity contribution in [1.82, 2.24) is 0 Å². The fraction of sp³-hybridized carbons (Fsp3) is 0.571. The summed E-state index contributed by atoms with van der Waals surface area (Å²) >= 11 is 0. The van der Waals surface area contributed by atoms with Gasteiger partial charge in [0.15, 0.2) is 11.5 Å². The van der Waals surface area contributed by atoms with Crippen molar-refractivity contribution >= 4 is 7.82 Å². The van der Waals surface area contributed by atoms with E-state index in [4.69, 9.17) is 19.3 Å². The minimum Gasteiger partial charge on any atom is -0.493 e. The zero-order valence-electron chi connectivity index (χ0n) is 12.4. The zero-order chi connectivity index (χ0) is 15.7. The number of rotatable bonds is 10. The molecule has 0 saturated heterocycles. The van der Waals surface area contributed by atoms with E-state index in [-0.39, 0.29) is 6.61 Å². The van der Waals surface area contributed by atoms with Crippen molar-refractivity contribution < 1.29 is 28.3 Å². The van der Waals surface area contributed by atoms with Crippen LogP contribution in [-0.4, -0.2) is 23.5 Å². The Bertz CT molecular complexity index is 471. The van der Waals surface area contributed by atoms with Gasteiger partial charge in [0.2, 0.25) is 0 Å². The van der Waals surface area contributed by atoms with Gasteiger partial charge in [-0.15, -0.1) is 0 Å². The van der Waals surface area contributed by atoms with Gasteiger partial charge in [0, 0.05) is 0 Å². The second-order valence-electron chi connectivity index (χ2n) is 4.66. The van der Waals surface area contributed by atoms with Crippen LogP contribution in [0.5, 0.6) is 11.5 Å². The van der Waals surface area contributed by atoms with E-state index in [1.54, 1.807) is 18.2 Å². The second kappa shape index (κ2) is 9.05. The summed E-state index contributed by atoms with van der Waals surface area (Å²) in [6, 6.07) is 5.06. The van der Waals surface area contributed by atoms with Gasteiger partial charge < -0.3 is 19.3 Å². The topological polar surface area (TPSA) is 85.2 Å². The summed E-state index contributed by atoms with van der Waals surface area (Å²) in [4.78, 5) is 17.4. The molecule has 2 N–H and O–H groups in total. The van der Waals surface area contributed by atoms with E-state index in [1.165, 1.54) is 20.0 Å². The van der Waals surface area contributed by atoms with Crippen molar-refractivity contribution in [3.8, 4) is 11.5 Å². The van der Waals surface area contributed by atoms with E-state index in [0.717, 1.165) is 12.8 Å². The Labute approximate surface area is 125 Å². The molecule has 0 amide bonds. The predicted molar refractivity (Wildman–Crippen MR) is 79.5 cm³/mol. The van der Waals surface area contributed by atoms with Gasteiger partial charge in [-0.1, -0.05) is 32.3 Å². The van der Waals surface area contributed by atoms with Gasteiger partial charge in [-0.3, -0.25) is 4.52 Å². The number of hydrogen-bond donors (Lipinski definition) is 2. The van der Waals surface area contributed by atoms with Crippen molar-refractivity contribution in [2.45, 2.75) is 39.2 Å². The SMILES string of the molecule is CCCCCCOc1ccc(COP(=O)(O)O)cc1OC. The van der Waals surface area contributed by atoms with Crippen LogP contribution in [0.15, 0.2) is 18.2 Å². The van der Waals surface area contributed by atoms with E-state index in [2.05, 4.69) is 11.4 Å². The van der Waals surface area contributed by atoms with Crippen LogP contribution in [0, 0.1) is 0 Å². The van der Waals surface area contributed by atoms with Crippen LogP contribution in [0.4, 0.5) is 0 Å². The third-order valence-electron chi connectivity index (χ3n) is 2.88. The molecule has 1 rings (SSSR count). The molecule has 1 aromatic carbocycles. The van der Waals surface area contributed by atoms with Gasteiger partial charge in [-0.25, -0.2) is 4.57 Å². The Kier molecular flexibility index (Phi) is 7.75. The molecule has 0 atom stereocenters. The van der Waals surface area contributed by atoms with Crippen LogP contribution in [-0.2, 0) is 15.7 Å². The molecule has 0 fully saturated rings. The molecule has 0 bridgehead atoms. The average Bonchev–Trinajstić information content (AvgIpc) is 2.44. The first-order valence-corrected chi connectivity index (χ1v) is 8.49. The van der Waals surface area contributed by atoms with Crippen molar-refractivity contribution in [3.05, 3.63) is 23.8 Å². The molecule has 1 aromatic rings. The van der Waals surface area contributed by atoms with E-state index < -0.39 is 7.82 Å². The van der Waals surface area contributed by atoms with Gasteiger partial charge >= 0.3 is 7.82 Å². The number of phosphoric ester groups is 1. The van der Waals surface area contributed by atoms with Crippen LogP contribution in [0.1, 0.15) is 38.2 Å². The highest BCUT2D eigenvalue weighted by molar-refractivity contribution is 7.46. The molecule has 0 radical (unpaired) electrons. The molecular formula is C14H23O6P. The third-order valence-corrected chi connectivity index (χ3v) is 3.35. The highest BCUT2D eigenvalue weighted by Gasteiger charge is 2.14. The predicted octanol–water partition coefficient (Wildman–Crippen LogP) is 3.26. The van der Waals surface area contributed by atoms with Crippen LogP contribution >= 0.6 is 7.82 Å². The summed E-state index contributed by atoms with van der Waals surface area (Å²) in [5.74, 6) is 1.14. The van der Waals surface area contributed by atoms with Gasteiger partial charge in [0.05, 0.1) is 20.3 Å². The molecule has 6 nitrogen and oxygen atoms in total. The fourth-order valence-electron chi connectivity index (χ4n) is 1.79. The Morgan fingerprint density at radius 3 is 2.52 bits per heavy atom. The Hall–Kier alpha value is -1.07. The minimum absolute atomic E-state index is 0.183. The Morgan fingerprint density at radius 2 is 1.90 bits per heavy atom. The van der Waals surface area contributed by atoms with Gasteiger partial charge in [0.1, 0.15) is 0 Å². The van der Waals surface area contributed by atoms with E-state index in [9.17, 15) is 4.57 Å². The number of phosphoric acid groups is 1. The summed E-state index contributed by atoms with van der Waals surface area (Å²) in [5, 5.41) is 0. The monoisotopic (exact) mass is 318 g/mol. The largest absolute Gasteiger partial charge is 0.493 e. The van der Waals surface area contributed by atoms with Gasteiger partial charge in [0.25, 0.3) is 0 Å². The second-order valence-corrected chi connectivity index (χ2v) is 5.90. The average molecular weight is 318 g/mol. The van der Waals surface area contributed by atoms with Crippen LogP contribution in [0.3, 0.4) is 0 Å². The highest BCUT2D eigenvalue weighted by Crippen LogP contribution is 2.38. The van der Waals surface area contributed by atoms with Gasteiger partial charge in [-0.2, -0.15) is 0 Å². The summed E-state index contributed by atoms with van der Waals surface area (Å²) in [6.07, 6.45) is 4.49. The van der Waals surface area contributed by atoms with Crippen molar-refractivity contribution in [3.63, 3.8) is 0 Å². The maximum absolute atomic E-state index is 10.7. The molecular weight excluding hydrogens is 295 g/mol. The summed E-state index contributed by atoms with van der Waals surface area (Å²) < 4.78 is 26.0. The molecule has 120 valence electrons. The minimum atomic E-state index is -4.47. The zero-order valence-corrected chi connectivity index (χ0v) is 13.3. The van der Waals surface area contributed by atoms with Crippen molar-refractivity contribution in [1.29, 1.82) is 0 Å². The van der Waals surface area contributed by atoms with E-state index in [1.807, 2.05) is 0 Å². The molecule has 7 heteroatoms. The summed E-state index contributed by atoms with van der Waals surface area (Å²) in [7, 11) is -2.95. The van der Waals surface area contributed by atoms with E-state index in [0.29, 0.717) is 23.7 Å². The molecule has 0 aliphatic carbocycles. The quantitative estimate of drug-likeness (QED) is 0.509. The molecule has 0 unspecified atom stereocenters. The number of unbranched alkanes of at least 4 members (excludes halogenated alkanes) is 3. The number of benzene rings is 1. The van der Waals surface area contributed by atoms with Crippen molar-refractivity contribution in [2.75, 3.05) is 13.7 Å². The highest BCUT2D eigenvalue weighted by atomic mass is 31.2. The molecule has 0 saturated carbocycles. The lowest BCUT2D eigenvalue weighted by Crippen LogP contribution is -2.00. The summed E-state index contributed by atoms with van der Waals surface area (Å²) in [6.45, 7) is 2.59. The molecule has 0 aromatic heterocycles. The number of methoxy groups -OCH3 is 1. The smallest absolute Gasteiger partial charge is 0.469 e. The standard InChI is InChI=1S/C14H23O6P/c1-3-4-5-6-9-19-13-8-7-12(10-14(13)18-2)11-20-21(15,16)17/h7-8,10H,3-6,9,11H2,1-2H3,(H2,15,16,17). The maximum Gasteiger partial charge on any atom is 0.469 e. The lowest BCUT2D eigenvalue weighted by atomic mass is 10.2. The molecule has 0 spiro atoms. The van der Waals surface area contributed by atoms with Crippen LogP contribution in [0.2, 0.25) is 0 Å². The lowest BCUT2D eigenvalue weighted by molar-refractivity contribution is 0.188. The molecule has 0 heterocycles. The van der Waals surface area contributed by atoms with Crippen LogP contribution in [0.25, 0.3) is 0 Å². The first-order valence-electron chi connectivity index (χ1n) is 6.96. The Balaban J connectivity index is 2.55. The maximum atomic E-state index is 10.7. The third kappa shape index (κ3) is 7.48. The lowest BCUT2D eigenvalue weighted by Gasteiger charge is -2.12. The summed E-state index contributed by atoms with van der Waals surface area (Å²) in [5.41, 5.74) is 0.605. The molecule has 21 heavy (non-hydrogen) atoms. The van der Waals surface area contributed by atoms with Gasteiger partial charge in [-0.05, 0) is 24.1 Å². The first-order chi connectivity index (χ1) is 9.96. The first kappa shape index (κ1) is 18.0. The Morgan fingerprint density at radius 1 is 1.14 bits per heavy atom. The molecule has 0 aliphatic rings. The number of hydrogen-bond acceptors (Lipinski definition) is 4. The fourth-order valence-corrected chi connectivity index (χ4v) is 2.11. The number of ether oxygens (including phenoxy) is 2. The van der Waals surface area contributed by atoms with Crippen molar-refractivity contribution in [2.24, 2.45) is 0 Å². The molecule has 0 aliphatic heterocycles. The normalized spacial score (nSPS) is 11.4. The van der Waals surface area contributed by atoms with E-state index >= 15 is 0 Å². The van der Waals surface area contributed by atoms with Crippen LogP contribution < -0.4 is 9.47 Å².